The first kappa shape index (κ1) is 13.9. The van der Waals surface area contributed by atoms with Crippen LogP contribution in [0, 0.1) is 5.41 Å². The van der Waals surface area contributed by atoms with Crippen molar-refractivity contribution in [3.63, 3.8) is 0 Å². The number of aliphatic hydroxyl groups is 1. The first-order chi connectivity index (χ1) is 7.18. The predicted octanol–water partition coefficient (Wildman–Crippen LogP) is 1.51. The van der Waals surface area contributed by atoms with Gasteiger partial charge >= 0.3 is 0 Å². The van der Waals surface area contributed by atoms with Crippen LogP contribution >= 0.6 is 0 Å². The molecule has 16 heavy (non-hydrogen) atoms. The van der Waals surface area contributed by atoms with Gasteiger partial charge in [-0.3, -0.25) is 0 Å². The lowest BCUT2D eigenvalue weighted by atomic mass is 9.81. The Kier molecular flexibility index (Phi) is 4.38. The summed E-state index contributed by atoms with van der Waals surface area (Å²) < 4.78 is 0. The van der Waals surface area contributed by atoms with Gasteiger partial charge < -0.3 is 15.7 Å². The SMILES string of the molecule is CC(C)(C)CC(C)(C)NCC1CC(O)CN1. The molecule has 0 saturated carbocycles. The molecule has 0 amide bonds. The molecule has 1 rings (SSSR count). The van der Waals surface area contributed by atoms with Crippen molar-refractivity contribution in [3.05, 3.63) is 0 Å². The van der Waals surface area contributed by atoms with Gasteiger partial charge in [0.25, 0.3) is 0 Å². The van der Waals surface area contributed by atoms with Crippen LogP contribution in [-0.4, -0.2) is 35.9 Å². The molecule has 0 bridgehead atoms. The van der Waals surface area contributed by atoms with Crippen LogP contribution < -0.4 is 10.6 Å². The molecule has 0 spiro atoms. The number of aliphatic hydroxyl groups excluding tert-OH is 1. The van der Waals surface area contributed by atoms with E-state index in [0.717, 1.165) is 25.9 Å². The standard InChI is InChI=1S/C13H28N2O/c1-12(2,3)9-13(4,5)15-7-10-6-11(16)8-14-10/h10-11,14-16H,6-9H2,1-5H3. The van der Waals surface area contributed by atoms with Gasteiger partial charge in [0, 0.05) is 24.7 Å². The molecule has 3 N–H and O–H groups in total. The van der Waals surface area contributed by atoms with Crippen LogP contribution in [0.3, 0.4) is 0 Å². The van der Waals surface area contributed by atoms with E-state index in [-0.39, 0.29) is 11.6 Å². The molecule has 2 atom stereocenters. The van der Waals surface area contributed by atoms with Gasteiger partial charge in [-0.15, -0.1) is 0 Å². The van der Waals surface area contributed by atoms with Crippen LogP contribution in [0.15, 0.2) is 0 Å². The Labute approximate surface area is 100 Å². The van der Waals surface area contributed by atoms with E-state index in [0.29, 0.717) is 11.5 Å². The van der Waals surface area contributed by atoms with E-state index in [1.807, 2.05) is 0 Å². The summed E-state index contributed by atoms with van der Waals surface area (Å²) in [5.74, 6) is 0. The monoisotopic (exact) mass is 228 g/mol. The lowest BCUT2D eigenvalue weighted by Crippen LogP contribution is -2.47. The van der Waals surface area contributed by atoms with Gasteiger partial charge in [0.2, 0.25) is 0 Å². The van der Waals surface area contributed by atoms with Gasteiger partial charge in [-0.25, -0.2) is 0 Å². The molecule has 1 saturated heterocycles. The molecule has 3 heteroatoms. The summed E-state index contributed by atoms with van der Waals surface area (Å²) in [5, 5.41) is 16.4. The molecule has 2 unspecified atom stereocenters. The third-order valence-corrected chi connectivity index (χ3v) is 3.00. The number of hydrogen-bond acceptors (Lipinski definition) is 3. The summed E-state index contributed by atoms with van der Waals surface area (Å²) in [5.41, 5.74) is 0.507. The zero-order chi connectivity index (χ0) is 12.4. The van der Waals surface area contributed by atoms with Crippen molar-refractivity contribution in [3.8, 4) is 0 Å². The molecule has 0 radical (unpaired) electrons. The Hall–Kier alpha value is -0.120. The summed E-state index contributed by atoms with van der Waals surface area (Å²) in [7, 11) is 0. The fraction of sp³-hybridized carbons (Fsp3) is 1.00. The quantitative estimate of drug-likeness (QED) is 0.683. The van der Waals surface area contributed by atoms with Crippen LogP contribution in [0.2, 0.25) is 0 Å². The Morgan fingerprint density at radius 2 is 1.88 bits per heavy atom. The molecule has 1 aliphatic heterocycles. The van der Waals surface area contributed by atoms with Crippen LogP contribution in [0.1, 0.15) is 47.5 Å². The summed E-state index contributed by atoms with van der Waals surface area (Å²) >= 11 is 0. The number of rotatable bonds is 4. The van der Waals surface area contributed by atoms with Gasteiger partial charge in [0.15, 0.2) is 0 Å². The second kappa shape index (κ2) is 5.03. The maximum atomic E-state index is 9.43. The third kappa shape index (κ3) is 5.28. The Balaban J connectivity index is 2.30. The second-order valence-corrected chi connectivity index (χ2v) is 7.00. The summed E-state index contributed by atoms with van der Waals surface area (Å²) in [6.07, 6.45) is 1.87. The van der Waals surface area contributed by atoms with Crippen molar-refractivity contribution in [1.29, 1.82) is 0 Å². The molecule has 1 aliphatic rings. The Morgan fingerprint density at radius 3 is 2.31 bits per heavy atom. The van der Waals surface area contributed by atoms with Gasteiger partial charge in [-0.05, 0) is 32.1 Å². The van der Waals surface area contributed by atoms with Crippen LogP contribution in [0.25, 0.3) is 0 Å². The minimum absolute atomic E-state index is 0.155. The largest absolute Gasteiger partial charge is 0.392 e. The van der Waals surface area contributed by atoms with Crippen molar-refractivity contribution in [2.75, 3.05) is 13.1 Å². The van der Waals surface area contributed by atoms with E-state index < -0.39 is 0 Å². The summed E-state index contributed by atoms with van der Waals surface area (Å²) in [6.45, 7) is 13.0. The van der Waals surface area contributed by atoms with Gasteiger partial charge in [0.1, 0.15) is 0 Å². The maximum Gasteiger partial charge on any atom is 0.0680 e. The highest BCUT2D eigenvalue weighted by molar-refractivity contribution is 4.88. The Morgan fingerprint density at radius 1 is 1.25 bits per heavy atom. The lowest BCUT2D eigenvalue weighted by Gasteiger charge is -2.34. The molecule has 0 aliphatic carbocycles. The van der Waals surface area contributed by atoms with Crippen LogP contribution in [0.5, 0.6) is 0 Å². The number of nitrogens with one attached hydrogen (secondary N) is 2. The van der Waals surface area contributed by atoms with E-state index in [1.54, 1.807) is 0 Å². The minimum atomic E-state index is -0.155. The summed E-state index contributed by atoms with van der Waals surface area (Å²) in [4.78, 5) is 0. The van der Waals surface area contributed by atoms with E-state index in [2.05, 4.69) is 45.3 Å². The molecule has 0 aromatic carbocycles. The zero-order valence-corrected chi connectivity index (χ0v) is 11.4. The van der Waals surface area contributed by atoms with Gasteiger partial charge in [-0.1, -0.05) is 20.8 Å². The van der Waals surface area contributed by atoms with Gasteiger partial charge in [0.05, 0.1) is 6.10 Å². The molecule has 0 aromatic rings. The highest BCUT2D eigenvalue weighted by atomic mass is 16.3. The van der Waals surface area contributed by atoms with E-state index >= 15 is 0 Å². The van der Waals surface area contributed by atoms with E-state index in [4.69, 9.17) is 0 Å². The first-order valence-electron chi connectivity index (χ1n) is 6.34. The highest BCUT2D eigenvalue weighted by Gasteiger charge is 2.27. The zero-order valence-electron chi connectivity index (χ0n) is 11.4. The molecule has 0 aromatic heterocycles. The third-order valence-electron chi connectivity index (χ3n) is 3.00. The van der Waals surface area contributed by atoms with E-state index in [1.165, 1.54) is 0 Å². The van der Waals surface area contributed by atoms with Crippen molar-refractivity contribution in [2.45, 2.75) is 65.1 Å². The molecule has 3 nitrogen and oxygen atoms in total. The fourth-order valence-electron chi connectivity index (χ4n) is 2.74. The van der Waals surface area contributed by atoms with Crippen molar-refractivity contribution in [2.24, 2.45) is 5.41 Å². The fourth-order valence-corrected chi connectivity index (χ4v) is 2.74. The highest BCUT2D eigenvalue weighted by Crippen LogP contribution is 2.26. The Bertz CT molecular complexity index is 220. The number of β-amino-alcohol motifs (C(OH)–C–C–N with tert-alkyl or cyclic N) is 1. The van der Waals surface area contributed by atoms with Crippen molar-refractivity contribution < 1.29 is 5.11 Å². The number of hydrogen-bond donors (Lipinski definition) is 3. The second-order valence-electron chi connectivity index (χ2n) is 7.00. The smallest absolute Gasteiger partial charge is 0.0680 e. The van der Waals surface area contributed by atoms with Crippen molar-refractivity contribution >= 4 is 0 Å². The molecular weight excluding hydrogens is 200 g/mol. The molecule has 1 fully saturated rings. The molecule has 96 valence electrons. The predicted molar refractivity (Wildman–Crippen MR) is 68.6 cm³/mol. The summed E-state index contributed by atoms with van der Waals surface area (Å²) in [6, 6.07) is 0.425. The lowest BCUT2D eigenvalue weighted by molar-refractivity contribution is 0.190. The molecule has 1 heterocycles. The van der Waals surface area contributed by atoms with Crippen LogP contribution in [-0.2, 0) is 0 Å². The average Bonchev–Trinajstić information content (AvgIpc) is 2.44. The van der Waals surface area contributed by atoms with E-state index in [9.17, 15) is 5.11 Å². The van der Waals surface area contributed by atoms with Crippen LogP contribution in [0.4, 0.5) is 0 Å². The van der Waals surface area contributed by atoms with Gasteiger partial charge in [-0.2, -0.15) is 0 Å². The molecular formula is C13H28N2O. The normalized spacial score (nSPS) is 27.4. The topological polar surface area (TPSA) is 44.3 Å². The minimum Gasteiger partial charge on any atom is -0.392 e. The van der Waals surface area contributed by atoms with Crippen molar-refractivity contribution in [1.82, 2.24) is 10.6 Å². The first-order valence-corrected chi connectivity index (χ1v) is 6.34. The maximum absolute atomic E-state index is 9.43. The average molecular weight is 228 g/mol.